The van der Waals surface area contributed by atoms with Crippen molar-refractivity contribution in [1.29, 1.82) is 0 Å². The molecule has 0 bridgehead atoms. The molecule has 0 unspecified atom stereocenters. The highest BCUT2D eigenvalue weighted by Gasteiger charge is 2.16. The summed E-state index contributed by atoms with van der Waals surface area (Å²) in [6.07, 6.45) is 2.82. The topological polar surface area (TPSA) is 93.1 Å². The molecule has 0 aliphatic carbocycles. The number of hydrogen-bond donors (Lipinski definition) is 2. The smallest absolute Gasteiger partial charge is 0.321 e. The second-order valence-electron chi connectivity index (χ2n) is 6.35. The molecule has 0 spiro atoms. The number of aromatic nitrogens is 2. The molecule has 0 atom stereocenters. The standard InChI is InChI=1S/C20H20N4O3S/c1-4-7-21-20(27)23-16(25)9-24-11-22-18-17(19(24)26)15(10-28-18)14-6-5-12(2)13(3)8-14/h4-6,8,10-11H,1,7,9H2,2-3H3,(H2,21,23,25,27). The lowest BCUT2D eigenvalue weighted by Gasteiger charge is -2.08. The monoisotopic (exact) mass is 396 g/mol. The number of imide groups is 1. The van der Waals surface area contributed by atoms with Crippen LogP contribution in [-0.2, 0) is 11.3 Å². The normalized spacial score (nSPS) is 10.6. The first-order valence-corrected chi connectivity index (χ1v) is 9.51. The average Bonchev–Trinajstić information content (AvgIpc) is 3.09. The van der Waals surface area contributed by atoms with Crippen molar-refractivity contribution >= 4 is 33.5 Å². The Morgan fingerprint density at radius 2 is 2.07 bits per heavy atom. The molecule has 2 N–H and O–H groups in total. The van der Waals surface area contributed by atoms with Crippen molar-refractivity contribution < 1.29 is 9.59 Å². The van der Waals surface area contributed by atoms with E-state index in [1.165, 1.54) is 33.9 Å². The van der Waals surface area contributed by atoms with Crippen molar-refractivity contribution in [1.82, 2.24) is 20.2 Å². The summed E-state index contributed by atoms with van der Waals surface area (Å²) in [5.41, 5.74) is 3.70. The van der Waals surface area contributed by atoms with Crippen LogP contribution in [0.2, 0.25) is 0 Å². The van der Waals surface area contributed by atoms with Gasteiger partial charge in [0.05, 0.1) is 11.7 Å². The second-order valence-corrected chi connectivity index (χ2v) is 7.21. The molecular weight excluding hydrogens is 376 g/mol. The third-order valence-electron chi connectivity index (χ3n) is 4.35. The number of amides is 3. The van der Waals surface area contributed by atoms with Gasteiger partial charge in [0.25, 0.3) is 5.56 Å². The van der Waals surface area contributed by atoms with E-state index >= 15 is 0 Å². The molecule has 0 saturated heterocycles. The number of thiophene rings is 1. The molecule has 0 aliphatic rings. The van der Waals surface area contributed by atoms with Crippen LogP contribution < -0.4 is 16.2 Å². The van der Waals surface area contributed by atoms with Crippen molar-refractivity contribution in [2.45, 2.75) is 20.4 Å². The number of hydrogen-bond acceptors (Lipinski definition) is 5. The van der Waals surface area contributed by atoms with Gasteiger partial charge >= 0.3 is 6.03 Å². The molecule has 0 fully saturated rings. The zero-order valence-electron chi connectivity index (χ0n) is 15.6. The predicted octanol–water partition coefficient (Wildman–Crippen LogP) is 2.75. The van der Waals surface area contributed by atoms with Crippen LogP contribution in [0.25, 0.3) is 21.3 Å². The molecule has 0 saturated carbocycles. The number of urea groups is 1. The molecule has 0 radical (unpaired) electrons. The maximum Gasteiger partial charge on any atom is 0.321 e. The van der Waals surface area contributed by atoms with Gasteiger partial charge in [-0.2, -0.15) is 0 Å². The van der Waals surface area contributed by atoms with Gasteiger partial charge in [-0.1, -0.05) is 24.3 Å². The molecule has 2 aromatic heterocycles. The summed E-state index contributed by atoms with van der Waals surface area (Å²) in [5.74, 6) is -0.604. The molecule has 28 heavy (non-hydrogen) atoms. The lowest BCUT2D eigenvalue weighted by atomic mass is 10.0. The molecule has 0 aliphatic heterocycles. The zero-order chi connectivity index (χ0) is 20.3. The predicted molar refractivity (Wildman–Crippen MR) is 111 cm³/mol. The largest absolute Gasteiger partial charge is 0.334 e. The van der Waals surface area contributed by atoms with Gasteiger partial charge in [0.2, 0.25) is 5.91 Å². The van der Waals surface area contributed by atoms with Crippen molar-refractivity contribution in [3.63, 3.8) is 0 Å². The Morgan fingerprint density at radius 1 is 1.29 bits per heavy atom. The number of carbonyl (C=O) groups is 2. The number of carbonyl (C=O) groups excluding carboxylic acids is 2. The Balaban J connectivity index is 1.91. The highest BCUT2D eigenvalue weighted by atomic mass is 32.1. The van der Waals surface area contributed by atoms with E-state index in [9.17, 15) is 14.4 Å². The van der Waals surface area contributed by atoms with Crippen LogP contribution in [0, 0.1) is 13.8 Å². The molecule has 3 amide bonds. The SMILES string of the molecule is C=CCNC(=O)NC(=O)Cn1cnc2scc(-c3ccc(C)c(C)c3)c2c1=O. The zero-order valence-corrected chi connectivity index (χ0v) is 16.4. The molecular formula is C20H20N4O3S. The number of benzene rings is 1. The Kier molecular flexibility index (Phi) is 5.70. The first-order chi connectivity index (χ1) is 13.4. The third kappa shape index (κ3) is 4.01. The van der Waals surface area contributed by atoms with E-state index in [2.05, 4.69) is 22.2 Å². The van der Waals surface area contributed by atoms with E-state index in [1.807, 2.05) is 37.4 Å². The maximum absolute atomic E-state index is 13.0. The first-order valence-electron chi connectivity index (χ1n) is 8.63. The van der Waals surface area contributed by atoms with Crippen LogP contribution >= 0.6 is 11.3 Å². The Hall–Kier alpha value is -3.26. The summed E-state index contributed by atoms with van der Waals surface area (Å²) in [5, 5.41) is 6.98. The Labute approximate surface area is 165 Å². The molecule has 3 rings (SSSR count). The van der Waals surface area contributed by atoms with Crippen LogP contribution in [0.5, 0.6) is 0 Å². The van der Waals surface area contributed by atoms with Crippen molar-refractivity contribution in [3.8, 4) is 11.1 Å². The first kappa shape index (κ1) is 19.5. The van der Waals surface area contributed by atoms with Gasteiger partial charge in [-0.15, -0.1) is 17.9 Å². The minimum atomic E-state index is -0.640. The molecule has 7 nitrogen and oxygen atoms in total. The highest BCUT2D eigenvalue weighted by molar-refractivity contribution is 7.17. The van der Waals surface area contributed by atoms with Gasteiger partial charge in [0, 0.05) is 17.5 Å². The fourth-order valence-corrected chi connectivity index (χ4v) is 3.64. The number of aryl methyl sites for hydroxylation is 2. The molecule has 1 aromatic carbocycles. The summed E-state index contributed by atoms with van der Waals surface area (Å²) in [6.45, 7) is 7.47. The minimum absolute atomic E-state index is 0.237. The molecule has 3 aromatic rings. The summed E-state index contributed by atoms with van der Waals surface area (Å²) in [7, 11) is 0. The van der Waals surface area contributed by atoms with Crippen LogP contribution in [0.4, 0.5) is 4.79 Å². The van der Waals surface area contributed by atoms with E-state index in [-0.39, 0.29) is 18.6 Å². The number of nitrogens with zero attached hydrogens (tertiary/aromatic N) is 2. The van der Waals surface area contributed by atoms with Crippen molar-refractivity contribution in [3.05, 3.63) is 64.0 Å². The molecule has 2 heterocycles. The van der Waals surface area contributed by atoms with Crippen LogP contribution in [0.15, 0.2) is 47.4 Å². The highest BCUT2D eigenvalue weighted by Crippen LogP contribution is 2.31. The van der Waals surface area contributed by atoms with E-state index in [0.29, 0.717) is 10.2 Å². The van der Waals surface area contributed by atoms with Gasteiger partial charge < -0.3 is 5.32 Å². The van der Waals surface area contributed by atoms with Gasteiger partial charge in [-0.05, 0) is 30.5 Å². The fraction of sp³-hybridized carbons (Fsp3) is 0.200. The van der Waals surface area contributed by atoms with Gasteiger partial charge in [0.15, 0.2) is 0 Å². The molecule has 8 heteroatoms. The summed E-state index contributed by atoms with van der Waals surface area (Å²) in [4.78, 5) is 41.5. The van der Waals surface area contributed by atoms with E-state index < -0.39 is 11.9 Å². The van der Waals surface area contributed by atoms with E-state index in [1.54, 1.807) is 0 Å². The molecule has 144 valence electrons. The van der Waals surface area contributed by atoms with Gasteiger partial charge in [0.1, 0.15) is 11.4 Å². The summed E-state index contributed by atoms with van der Waals surface area (Å²) in [6, 6.07) is 5.37. The fourth-order valence-electron chi connectivity index (χ4n) is 2.73. The van der Waals surface area contributed by atoms with Gasteiger partial charge in [-0.25, -0.2) is 9.78 Å². The van der Waals surface area contributed by atoms with Crippen molar-refractivity contribution in [2.75, 3.05) is 6.54 Å². The summed E-state index contributed by atoms with van der Waals surface area (Å²) < 4.78 is 1.20. The number of nitrogens with one attached hydrogen (secondary N) is 2. The third-order valence-corrected chi connectivity index (χ3v) is 5.24. The van der Waals surface area contributed by atoms with Gasteiger partial charge in [-0.3, -0.25) is 19.5 Å². The summed E-state index contributed by atoms with van der Waals surface area (Å²) >= 11 is 1.38. The number of fused-ring (bicyclic) bond motifs is 1. The quantitative estimate of drug-likeness (QED) is 0.649. The van der Waals surface area contributed by atoms with E-state index in [4.69, 9.17) is 0 Å². The minimum Gasteiger partial charge on any atom is -0.334 e. The van der Waals surface area contributed by atoms with Crippen LogP contribution in [-0.4, -0.2) is 28.0 Å². The Bertz CT molecular complexity index is 1130. The lowest BCUT2D eigenvalue weighted by Crippen LogP contribution is -2.42. The average molecular weight is 396 g/mol. The Morgan fingerprint density at radius 3 is 2.79 bits per heavy atom. The van der Waals surface area contributed by atoms with Crippen LogP contribution in [0.1, 0.15) is 11.1 Å². The second kappa shape index (κ2) is 8.18. The van der Waals surface area contributed by atoms with Crippen LogP contribution in [0.3, 0.4) is 0 Å². The lowest BCUT2D eigenvalue weighted by molar-refractivity contribution is -0.120. The number of rotatable bonds is 5. The van der Waals surface area contributed by atoms with E-state index in [0.717, 1.165) is 16.7 Å². The maximum atomic E-state index is 13.0. The van der Waals surface area contributed by atoms with Crippen molar-refractivity contribution in [2.24, 2.45) is 0 Å².